The van der Waals surface area contributed by atoms with E-state index in [1.54, 1.807) is 0 Å². The minimum atomic E-state index is 0.500. The molecule has 0 unspecified atom stereocenters. The van der Waals surface area contributed by atoms with Crippen molar-refractivity contribution >= 4 is 45.7 Å². The SMILES string of the molecule is CC[C@H]1CN=C(Nc2ccc(/C(C)=N\NC(=S)NC3CCCC3)cc2)S1. The molecule has 26 heavy (non-hydrogen) atoms. The van der Waals surface area contributed by atoms with Gasteiger partial charge in [0.05, 0.1) is 12.3 Å². The number of hydrogen-bond donors (Lipinski definition) is 3. The number of rotatable bonds is 5. The van der Waals surface area contributed by atoms with E-state index in [9.17, 15) is 0 Å². The van der Waals surface area contributed by atoms with Crippen LogP contribution in [0.2, 0.25) is 0 Å². The zero-order valence-electron chi connectivity index (χ0n) is 15.4. The first-order chi connectivity index (χ1) is 12.6. The second-order valence-corrected chi connectivity index (χ2v) is 8.46. The predicted molar refractivity (Wildman–Crippen MR) is 117 cm³/mol. The number of hydrazone groups is 1. The molecule has 3 N–H and O–H groups in total. The number of nitrogens with one attached hydrogen (secondary N) is 3. The highest BCUT2D eigenvalue weighted by Gasteiger charge is 2.17. The zero-order chi connectivity index (χ0) is 18.4. The molecule has 1 fully saturated rings. The van der Waals surface area contributed by atoms with Crippen LogP contribution in [0.25, 0.3) is 0 Å². The summed E-state index contributed by atoms with van der Waals surface area (Å²) >= 11 is 7.15. The fourth-order valence-electron chi connectivity index (χ4n) is 3.10. The summed E-state index contributed by atoms with van der Waals surface area (Å²) in [4.78, 5) is 4.55. The molecule has 0 aromatic heterocycles. The van der Waals surface area contributed by atoms with Crippen molar-refractivity contribution in [1.29, 1.82) is 0 Å². The van der Waals surface area contributed by atoms with Gasteiger partial charge in [-0.05, 0) is 56.1 Å². The van der Waals surface area contributed by atoms with Crippen molar-refractivity contribution in [2.45, 2.75) is 57.2 Å². The van der Waals surface area contributed by atoms with E-state index in [2.05, 4.69) is 57.3 Å². The first-order valence-corrected chi connectivity index (χ1v) is 10.6. The zero-order valence-corrected chi connectivity index (χ0v) is 17.1. The largest absolute Gasteiger partial charge is 0.359 e. The lowest BCUT2D eigenvalue weighted by atomic mass is 10.1. The molecule has 1 aromatic rings. The van der Waals surface area contributed by atoms with E-state index < -0.39 is 0 Å². The van der Waals surface area contributed by atoms with Gasteiger partial charge in [0.2, 0.25) is 0 Å². The van der Waals surface area contributed by atoms with Crippen molar-refractivity contribution in [2.24, 2.45) is 10.1 Å². The molecule has 0 radical (unpaired) electrons. The van der Waals surface area contributed by atoms with Crippen LogP contribution in [0.5, 0.6) is 0 Å². The maximum Gasteiger partial charge on any atom is 0.187 e. The Hall–Kier alpha value is -1.60. The third kappa shape index (κ3) is 5.45. The first kappa shape index (κ1) is 19.2. The van der Waals surface area contributed by atoms with Crippen molar-refractivity contribution in [3.8, 4) is 0 Å². The van der Waals surface area contributed by atoms with E-state index in [1.807, 2.05) is 18.7 Å². The molecule has 1 heterocycles. The number of hydrogen-bond acceptors (Lipinski definition) is 5. The van der Waals surface area contributed by atoms with Crippen LogP contribution in [-0.2, 0) is 0 Å². The highest BCUT2D eigenvalue weighted by molar-refractivity contribution is 8.15. The number of benzene rings is 1. The van der Waals surface area contributed by atoms with Crippen molar-refractivity contribution in [3.05, 3.63) is 29.8 Å². The fraction of sp³-hybridized carbons (Fsp3) is 0.526. The number of thioether (sulfide) groups is 1. The van der Waals surface area contributed by atoms with Crippen LogP contribution >= 0.6 is 24.0 Å². The smallest absolute Gasteiger partial charge is 0.187 e. The monoisotopic (exact) mass is 389 g/mol. The van der Waals surface area contributed by atoms with Crippen LogP contribution in [0, 0.1) is 0 Å². The van der Waals surface area contributed by atoms with Gasteiger partial charge in [0.1, 0.15) is 0 Å². The highest BCUT2D eigenvalue weighted by atomic mass is 32.2. The van der Waals surface area contributed by atoms with E-state index in [0.717, 1.165) is 35.1 Å². The molecule has 1 aliphatic heterocycles. The Morgan fingerprint density at radius 3 is 2.65 bits per heavy atom. The topological polar surface area (TPSA) is 60.8 Å². The van der Waals surface area contributed by atoms with Gasteiger partial charge in [-0.2, -0.15) is 5.10 Å². The Morgan fingerprint density at radius 1 is 1.27 bits per heavy atom. The lowest BCUT2D eigenvalue weighted by Crippen LogP contribution is -2.38. The average molecular weight is 390 g/mol. The molecular weight excluding hydrogens is 362 g/mol. The maximum absolute atomic E-state index is 5.32. The van der Waals surface area contributed by atoms with Gasteiger partial charge in [-0.25, -0.2) is 0 Å². The standard InChI is InChI=1S/C19H27N5S2/c1-3-17-12-20-19(26-17)22-16-10-8-14(9-11-16)13(2)23-24-18(25)21-15-6-4-5-7-15/h8-11,15,17H,3-7,12H2,1-2H3,(H,20,22)(H2,21,24,25)/b23-13-/t17-/m0/s1. The Morgan fingerprint density at radius 2 is 2.00 bits per heavy atom. The quantitative estimate of drug-likeness (QED) is 0.402. The number of nitrogens with zero attached hydrogens (tertiary/aromatic N) is 2. The fourth-order valence-corrected chi connectivity index (χ4v) is 4.27. The Balaban J connectivity index is 1.49. The highest BCUT2D eigenvalue weighted by Crippen LogP contribution is 2.24. The summed E-state index contributed by atoms with van der Waals surface area (Å²) in [5.41, 5.74) is 5.99. The predicted octanol–water partition coefficient (Wildman–Crippen LogP) is 4.11. The number of aliphatic imine (C=N–C) groups is 1. The summed E-state index contributed by atoms with van der Waals surface area (Å²) in [6, 6.07) is 8.75. The number of anilines is 1. The molecule has 0 spiro atoms. The number of amidine groups is 1. The number of thiocarbonyl (C=S) groups is 1. The maximum atomic E-state index is 5.32. The van der Waals surface area contributed by atoms with E-state index >= 15 is 0 Å². The van der Waals surface area contributed by atoms with Crippen LogP contribution in [0.1, 0.15) is 51.5 Å². The van der Waals surface area contributed by atoms with Crippen molar-refractivity contribution in [3.63, 3.8) is 0 Å². The van der Waals surface area contributed by atoms with Crippen LogP contribution in [-0.4, -0.2) is 33.8 Å². The summed E-state index contributed by atoms with van der Waals surface area (Å²) in [5, 5.41) is 13.4. The molecule has 3 rings (SSSR count). The van der Waals surface area contributed by atoms with Gasteiger partial charge in [-0.3, -0.25) is 10.4 Å². The lowest BCUT2D eigenvalue weighted by molar-refractivity contribution is 0.624. The molecule has 1 aliphatic carbocycles. The van der Waals surface area contributed by atoms with E-state index in [0.29, 0.717) is 16.4 Å². The van der Waals surface area contributed by atoms with Crippen molar-refractivity contribution < 1.29 is 0 Å². The van der Waals surface area contributed by atoms with Gasteiger partial charge in [-0.15, -0.1) is 0 Å². The van der Waals surface area contributed by atoms with E-state index in [1.165, 1.54) is 25.7 Å². The Bertz CT molecular complexity index is 678. The molecule has 0 bridgehead atoms. The molecule has 7 heteroatoms. The van der Waals surface area contributed by atoms with Crippen LogP contribution in [0.15, 0.2) is 34.4 Å². The minimum absolute atomic E-state index is 0.500. The molecule has 5 nitrogen and oxygen atoms in total. The summed E-state index contributed by atoms with van der Waals surface area (Å²) < 4.78 is 0. The van der Waals surface area contributed by atoms with Crippen molar-refractivity contribution in [1.82, 2.24) is 10.7 Å². The van der Waals surface area contributed by atoms with Gasteiger partial charge in [0, 0.05) is 17.0 Å². The molecular formula is C19H27N5S2. The molecule has 1 aromatic carbocycles. The van der Waals surface area contributed by atoms with Gasteiger partial charge in [-0.1, -0.05) is 43.7 Å². The van der Waals surface area contributed by atoms with Crippen LogP contribution in [0.4, 0.5) is 5.69 Å². The molecule has 2 aliphatic rings. The molecule has 1 saturated carbocycles. The van der Waals surface area contributed by atoms with Crippen LogP contribution in [0.3, 0.4) is 0 Å². The second kappa shape index (κ2) is 9.37. The first-order valence-electron chi connectivity index (χ1n) is 9.33. The summed E-state index contributed by atoms with van der Waals surface area (Å²) in [7, 11) is 0. The molecule has 140 valence electrons. The van der Waals surface area contributed by atoms with Gasteiger partial charge >= 0.3 is 0 Å². The molecule has 0 saturated heterocycles. The van der Waals surface area contributed by atoms with Crippen LogP contribution < -0.4 is 16.1 Å². The summed E-state index contributed by atoms with van der Waals surface area (Å²) in [5.74, 6) is 0. The van der Waals surface area contributed by atoms with E-state index in [4.69, 9.17) is 12.2 Å². The molecule has 1 atom stereocenters. The lowest BCUT2D eigenvalue weighted by Gasteiger charge is -2.13. The third-order valence-corrected chi connectivity index (χ3v) is 6.22. The third-order valence-electron chi connectivity index (χ3n) is 4.74. The minimum Gasteiger partial charge on any atom is -0.359 e. The summed E-state index contributed by atoms with van der Waals surface area (Å²) in [6.07, 6.45) is 6.11. The Kier molecular flexibility index (Phi) is 6.91. The van der Waals surface area contributed by atoms with Gasteiger partial charge in [0.25, 0.3) is 0 Å². The Labute approximate surface area is 165 Å². The summed E-state index contributed by atoms with van der Waals surface area (Å²) in [6.45, 7) is 5.10. The van der Waals surface area contributed by atoms with E-state index in [-0.39, 0.29) is 0 Å². The van der Waals surface area contributed by atoms with Gasteiger partial charge < -0.3 is 10.6 Å². The average Bonchev–Trinajstić information content (AvgIpc) is 3.32. The van der Waals surface area contributed by atoms with Crippen molar-refractivity contribution in [2.75, 3.05) is 11.9 Å². The molecule has 0 amide bonds. The second-order valence-electron chi connectivity index (χ2n) is 6.76. The normalized spacial score (nSPS) is 20.8. The van der Waals surface area contributed by atoms with Gasteiger partial charge in [0.15, 0.2) is 10.3 Å².